The van der Waals surface area contributed by atoms with Gasteiger partial charge < -0.3 is 14.9 Å². The number of thioether (sulfide) groups is 1. The van der Waals surface area contributed by atoms with Gasteiger partial charge >= 0.3 is 0 Å². The Bertz CT molecular complexity index is 773. The molecule has 1 saturated heterocycles. The van der Waals surface area contributed by atoms with Crippen molar-refractivity contribution in [2.75, 3.05) is 51.4 Å². The van der Waals surface area contributed by atoms with E-state index in [9.17, 15) is 28.7 Å². The van der Waals surface area contributed by atoms with Crippen LogP contribution in [0.2, 0.25) is 0 Å². The van der Waals surface area contributed by atoms with E-state index in [1.807, 2.05) is 0 Å². The van der Waals surface area contributed by atoms with Gasteiger partial charge in [-0.15, -0.1) is 0 Å². The Kier molecular flexibility index (Phi) is 8.18. The Labute approximate surface area is 168 Å². The molecule has 0 radical (unpaired) electrons. The van der Waals surface area contributed by atoms with Gasteiger partial charge in [-0.2, -0.15) is 16.1 Å². The normalized spacial score (nSPS) is 17.7. The number of nitro benzene ring substituents is 1. The molecular formula is C16H25N3O7S2. The van der Waals surface area contributed by atoms with Gasteiger partial charge in [-0.25, -0.2) is 13.3 Å². The van der Waals surface area contributed by atoms with Crippen LogP contribution in [0.4, 0.5) is 5.69 Å². The number of benzene rings is 1. The van der Waals surface area contributed by atoms with E-state index >= 15 is 0 Å². The molecule has 1 aromatic rings. The van der Waals surface area contributed by atoms with E-state index < -0.39 is 26.5 Å². The van der Waals surface area contributed by atoms with E-state index in [0.717, 1.165) is 10.4 Å². The molecule has 10 nitrogen and oxygen atoms in total. The quantitative estimate of drug-likeness (QED) is 0.230. The lowest BCUT2D eigenvalue weighted by molar-refractivity contribution is -0.387. The number of rotatable bonds is 10. The molecule has 1 aromatic carbocycles. The fourth-order valence-corrected chi connectivity index (χ4v) is 5.46. The minimum Gasteiger partial charge on any atom is -0.385 e. The third-order valence-electron chi connectivity index (χ3n) is 4.36. The van der Waals surface area contributed by atoms with E-state index in [1.54, 1.807) is 0 Å². The standard InChI is InChI=1S/C16H25N3O7S2/c1-26-11-4-7-18(9-8-17-10-12-27-13-16(17,20)21)28(24,25)15-6-3-2-5-14(15)19(22)23/h2-3,5-6,20-21H,4,7-13H2,1H3. The smallest absolute Gasteiger partial charge is 0.289 e. The second-order valence-corrected chi connectivity index (χ2v) is 9.30. The highest BCUT2D eigenvalue weighted by atomic mass is 32.2. The molecule has 0 saturated carbocycles. The van der Waals surface area contributed by atoms with Crippen molar-refractivity contribution in [2.45, 2.75) is 17.2 Å². The Morgan fingerprint density at radius 2 is 2.07 bits per heavy atom. The van der Waals surface area contributed by atoms with Crippen molar-refractivity contribution in [3.8, 4) is 0 Å². The molecule has 2 rings (SSSR count). The Balaban J connectivity index is 2.25. The van der Waals surface area contributed by atoms with E-state index in [2.05, 4.69) is 0 Å². The fourth-order valence-electron chi connectivity index (χ4n) is 2.88. The van der Waals surface area contributed by atoms with E-state index in [0.29, 0.717) is 25.3 Å². The van der Waals surface area contributed by atoms with Crippen LogP contribution in [0.5, 0.6) is 0 Å². The molecule has 28 heavy (non-hydrogen) atoms. The van der Waals surface area contributed by atoms with Gasteiger partial charge in [-0.05, 0) is 12.5 Å². The summed E-state index contributed by atoms with van der Waals surface area (Å²) in [7, 11) is -2.66. The maximum atomic E-state index is 13.1. The molecule has 12 heteroatoms. The number of aliphatic hydroxyl groups is 2. The van der Waals surface area contributed by atoms with E-state index in [-0.39, 0.29) is 30.3 Å². The molecule has 0 spiro atoms. The summed E-state index contributed by atoms with van der Waals surface area (Å²) in [6.45, 7) is 0.864. The Morgan fingerprint density at radius 1 is 1.36 bits per heavy atom. The van der Waals surface area contributed by atoms with Crippen LogP contribution in [0.1, 0.15) is 6.42 Å². The zero-order valence-electron chi connectivity index (χ0n) is 15.6. The first kappa shape index (κ1) is 23.0. The highest BCUT2D eigenvalue weighted by Crippen LogP contribution is 2.27. The van der Waals surface area contributed by atoms with E-state index in [4.69, 9.17) is 4.74 Å². The lowest BCUT2D eigenvalue weighted by Crippen LogP contribution is -2.56. The number of hydrogen-bond donors (Lipinski definition) is 2. The average Bonchev–Trinajstić information content (AvgIpc) is 2.65. The summed E-state index contributed by atoms with van der Waals surface area (Å²) in [5.74, 6) is -1.21. The minimum absolute atomic E-state index is 0.0361. The molecule has 0 amide bonds. The minimum atomic E-state index is -4.15. The van der Waals surface area contributed by atoms with Crippen molar-refractivity contribution in [2.24, 2.45) is 0 Å². The summed E-state index contributed by atoms with van der Waals surface area (Å²) in [6.07, 6.45) is 0.398. The first-order valence-corrected chi connectivity index (χ1v) is 11.3. The molecular weight excluding hydrogens is 410 g/mol. The van der Waals surface area contributed by atoms with Crippen LogP contribution in [-0.4, -0.2) is 90.1 Å². The topological polar surface area (TPSA) is 133 Å². The molecule has 1 fully saturated rings. The summed E-state index contributed by atoms with van der Waals surface area (Å²) in [5.41, 5.74) is -0.493. The number of nitro groups is 1. The van der Waals surface area contributed by atoms with Crippen LogP contribution in [0.25, 0.3) is 0 Å². The maximum absolute atomic E-state index is 13.1. The first-order valence-electron chi connectivity index (χ1n) is 8.70. The molecule has 0 bridgehead atoms. The lowest BCUT2D eigenvalue weighted by atomic mass is 10.3. The molecule has 0 aromatic heterocycles. The highest BCUT2D eigenvalue weighted by Gasteiger charge is 2.37. The van der Waals surface area contributed by atoms with Crippen LogP contribution < -0.4 is 0 Å². The number of sulfonamides is 1. The number of hydrogen-bond acceptors (Lipinski definition) is 9. The summed E-state index contributed by atoms with van der Waals surface area (Å²) < 4.78 is 32.3. The monoisotopic (exact) mass is 435 g/mol. The third kappa shape index (κ3) is 5.63. The van der Waals surface area contributed by atoms with Gasteiger partial charge in [-0.3, -0.25) is 10.1 Å². The van der Waals surface area contributed by atoms with Gasteiger partial charge in [-0.1, -0.05) is 12.1 Å². The van der Waals surface area contributed by atoms with Crippen molar-refractivity contribution in [1.82, 2.24) is 9.21 Å². The SMILES string of the molecule is COCCCN(CCN1CCSCC1(O)O)S(=O)(=O)c1ccccc1[N+](=O)[O-]. The summed E-state index contributed by atoms with van der Waals surface area (Å²) in [6, 6.07) is 5.19. The van der Waals surface area contributed by atoms with Gasteiger partial charge in [0, 0.05) is 51.7 Å². The second-order valence-electron chi connectivity index (χ2n) is 6.29. The number of methoxy groups -OCH3 is 1. The first-order chi connectivity index (χ1) is 13.2. The van der Waals surface area contributed by atoms with Gasteiger partial charge in [0.15, 0.2) is 4.90 Å². The van der Waals surface area contributed by atoms with Gasteiger partial charge in [0.1, 0.15) is 0 Å². The summed E-state index contributed by atoms with van der Waals surface area (Å²) >= 11 is 1.40. The second kappa shape index (κ2) is 9.96. The van der Waals surface area contributed by atoms with E-state index in [1.165, 1.54) is 42.0 Å². The molecule has 2 N–H and O–H groups in total. The molecule has 158 valence electrons. The van der Waals surface area contributed by atoms with Crippen molar-refractivity contribution in [3.63, 3.8) is 0 Å². The predicted octanol–water partition coefficient (Wildman–Crippen LogP) is 0.309. The fraction of sp³-hybridized carbons (Fsp3) is 0.625. The summed E-state index contributed by atoms with van der Waals surface area (Å²) in [5, 5.41) is 31.4. The van der Waals surface area contributed by atoms with Gasteiger partial charge in [0.2, 0.25) is 15.9 Å². The van der Waals surface area contributed by atoms with Crippen molar-refractivity contribution < 1.29 is 28.3 Å². The van der Waals surface area contributed by atoms with Crippen molar-refractivity contribution >= 4 is 27.5 Å². The Morgan fingerprint density at radius 3 is 2.71 bits per heavy atom. The molecule has 0 atom stereocenters. The molecule has 0 aliphatic carbocycles. The number of nitrogens with zero attached hydrogens (tertiary/aromatic N) is 3. The predicted molar refractivity (Wildman–Crippen MR) is 104 cm³/mol. The van der Waals surface area contributed by atoms with Crippen LogP contribution in [-0.2, 0) is 14.8 Å². The zero-order chi connectivity index (χ0) is 20.8. The Hall–Kier alpha value is -1.28. The van der Waals surface area contributed by atoms with Gasteiger partial charge in [0.25, 0.3) is 5.69 Å². The maximum Gasteiger partial charge on any atom is 0.289 e. The van der Waals surface area contributed by atoms with Crippen LogP contribution >= 0.6 is 11.8 Å². The highest BCUT2D eigenvalue weighted by molar-refractivity contribution is 7.99. The zero-order valence-corrected chi connectivity index (χ0v) is 17.2. The molecule has 1 aliphatic rings. The third-order valence-corrected chi connectivity index (χ3v) is 7.37. The van der Waals surface area contributed by atoms with Crippen LogP contribution in [0, 0.1) is 10.1 Å². The number of para-hydroxylation sites is 1. The summed E-state index contributed by atoms with van der Waals surface area (Å²) in [4.78, 5) is 11.6. The average molecular weight is 436 g/mol. The molecule has 1 aliphatic heterocycles. The lowest BCUT2D eigenvalue weighted by Gasteiger charge is -2.39. The van der Waals surface area contributed by atoms with Crippen LogP contribution in [0.3, 0.4) is 0 Å². The van der Waals surface area contributed by atoms with Crippen molar-refractivity contribution in [3.05, 3.63) is 34.4 Å². The van der Waals surface area contributed by atoms with Crippen LogP contribution in [0.15, 0.2) is 29.2 Å². The molecule has 1 heterocycles. The number of ether oxygens (including phenoxy) is 1. The molecule has 0 unspecified atom stereocenters. The van der Waals surface area contributed by atoms with Gasteiger partial charge in [0.05, 0.1) is 10.7 Å². The van der Waals surface area contributed by atoms with Crippen molar-refractivity contribution in [1.29, 1.82) is 0 Å². The largest absolute Gasteiger partial charge is 0.385 e.